The first-order valence-corrected chi connectivity index (χ1v) is 6.72. The molecule has 1 aromatic heterocycles. The van der Waals surface area contributed by atoms with E-state index in [9.17, 15) is 9.59 Å². The van der Waals surface area contributed by atoms with Gasteiger partial charge in [0.25, 0.3) is 0 Å². The fourth-order valence-electron chi connectivity index (χ4n) is 1.75. The number of hydrogen-bond acceptors (Lipinski definition) is 3. The van der Waals surface area contributed by atoms with Gasteiger partial charge in [-0.15, -0.1) is 0 Å². The molecule has 0 atom stereocenters. The van der Waals surface area contributed by atoms with E-state index in [4.69, 9.17) is 0 Å². The molecule has 1 N–H and O–H groups in total. The van der Waals surface area contributed by atoms with E-state index in [2.05, 4.69) is 10.3 Å². The van der Waals surface area contributed by atoms with Gasteiger partial charge in [0, 0.05) is 31.4 Å². The van der Waals surface area contributed by atoms with Gasteiger partial charge in [-0.3, -0.25) is 14.6 Å². The van der Waals surface area contributed by atoms with Crippen LogP contribution in [0.5, 0.6) is 0 Å². The third-order valence-electron chi connectivity index (χ3n) is 2.67. The number of carbonyl (C=O) groups is 2. The molecule has 0 fully saturated rings. The Morgan fingerprint density at radius 3 is 2.60 bits per heavy atom. The minimum Gasteiger partial charge on any atom is -0.350 e. The highest BCUT2D eigenvalue weighted by Gasteiger charge is 2.17. The van der Waals surface area contributed by atoms with Crippen molar-refractivity contribution in [2.75, 3.05) is 13.6 Å². The highest BCUT2D eigenvalue weighted by Crippen LogP contribution is 2.03. The molecular formula is C15H23N3O2. The maximum atomic E-state index is 11.9. The summed E-state index contributed by atoms with van der Waals surface area (Å²) < 4.78 is 0. The van der Waals surface area contributed by atoms with E-state index >= 15 is 0 Å². The topological polar surface area (TPSA) is 62.3 Å². The van der Waals surface area contributed by atoms with Gasteiger partial charge in [0.15, 0.2) is 0 Å². The second-order valence-corrected chi connectivity index (χ2v) is 5.91. The standard InChI is InChI=1S/C15H23N3O2/c1-15(2,3)17-13(19)11-18(4)14(20)8-7-12-6-5-9-16-10-12/h5-6,9-10H,7-8,11H2,1-4H3,(H,17,19). The smallest absolute Gasteiger partial charge is 0.240 e. The summed E-state index contributed by atoms with van der Waals surface area (Å²) in [5.41, 5.74) is 0.741. The molecule has 2 amide bonds. The van der Waals surface area contributed by atoms with Crippen LogP contribution in [-0.2, 0) is 16.0 Å². The number of likely N-dealkylation sites (N-methyl/N-ethyl adjacent to an activating group) is 1. The second-order valence-electron chi connectivity index (χ2n) is 5.91. The highest BCUT2D eigenvalue weighted by atomic mass is 16.2. The van der Waals surface area contributed by atoms with E-state index in [-0.39, 0.29) is 23.9 Å². The van der Waals surface area contributed by atoms with Gasteiger partial charge < -0.3 is 10.2 Å². The second kappa shape index (κ2) is 7.03. The molecule has 1 rings (SSSR count). The Balaban J connectivity index is 2.38. The summed E-state index contributed by atoms with van der Waals surface area (Å²) in [4.78, 5) is 29.1. The van der Waals surface area contributed by atoms with Crippen molar-refractivity contribution in [3.8, 4) is 0 Å². The zero-order valence-corrected chi connectivity index (χ0v) is 12.6. The Bertz CT molecular complexity index is 452. The van der Waals surface area contributed by atoms with Crippen LogP contribution >= 0.6 is 0 Å². The van der Waals surface area contributed by atoms with Gasteiger partial charge in [-0.2, -0.15) is 0 Å². The first-order chi connectivity index (χ1) is 9.28. The van der Waals surface area contributed by atoms with E-state index in [1.54, 1.807) is 19.4 Å². The van der Waals surface area contributed by atoms with Gasteiger partial charge in [-0.05, 0) is 38.8 Å². The monoisotopic (exact) mass is 277 g/mol. The average Bonchev–Trinajstić information content (AvgIpc) is 2.34. The Hall–Kier alpha value is -1.91. The fraction of sp³-hybridized carbons (Fsp3) is 0.533. The number of pyridine rings is 1. The first-order valence-electron chi connectivity index (χ1n) is 6.72. The number of aryl methyl sites for hydroxylation is 1. The number of hydrogen-bond donors (Lipinski definition) is 1. The third kappa shape index (κ3) is 6.31. The Kier molecular flexibility index (Phi) is 5.67. The predicted molar refractivity (Wildman–Crippen MR) is 78.1 cm³/mol. The fourth-order valence-corrected chi connectivity index (χ4v) is 1.75. The van der Waals surface area contributed by atoms with Gasteiger partial charge in [-0.25, -0.2) is 0 Å². The van der Waals surface area contributed by atoms with Crippen LogP contribution in [0.1, 0.15) is 32.8 Å². The molecule has 110 valence electrons. The maximum absolute atomic E-state index is 11.9. The molecule has 0 saturated heterocycles. The van der Waals surface area contributed by atoms with Gasteiger partial charge in [0.1, 0.15) is 0 Å². The average molecular weight is 277 g/mol. The SMILES string of the molecule is CN(CC(=O)NC(C)(C)C)C(=O)CCc1cccnc1. The summed E-state index contributed by atoms with van der Waals surface area (Å²) in [6.45, 7) is 5.82. The Morgan fingerprint density at radius 1 is 1.35 bits per heavy atom. The summed E-state index contributed by atoms with van der Waals surface area (Å²) in [5.74, 6) is -0.187. The molecule has 0 spiro atoms. The zero-order valence-electron chi connectivity index (χ0n) is 12.6. The van der Waals surface area contributed by atoms with E-state index in [1.165, 1.54) is 4.90 Å². The Labute approximate surface area is 120 Å². The molecule has 1 aromatic rings. The minimum atomic E-state index is -0.281. The van der Waals surface area contributed by atoms with Crippen molar-refractivity contribution in [1.82, 2.24) is 15.2 Å². The zero-order chi connectivity index (χ0) is 15.2. The molecule has 0 unspecified atom stereocenters. The quantitative estimate of drug-likeness (QED) is 0.884. The maximum Gasteiger partial charge on any atom is 0.240 e. The summed E-state index contributed by atoms with van der Waals surface area (Å²) in [7, 11) is 1.65. The number of amides is 2. The predicted octanol–water partition coefficient (Wildman–Crippen LogP) is 1.39. The lowest BCUT2D eigenvalue weighted by Crippen LogP contribution is -2.46. The van der Waals surface area contributed by atoms with Crippen LogP contribution in [0.3, 0.4) is 0 Å². The van der Waals surface area contributed by atoms with Gasteiger partial charge in [0.2, 0.25) is 11.8 Å². The Morgan fingerprint density at radius 2 is 2.05 bits per heavy atom. The molecule has 1 heterocycles. The van der Waals surface area contributed by atoms with Gasteiger partial charge in [-0.1, -0.05) is 6.07 Å². The van der Waals surface area contributed by atoms with Crippen LogP contribution in [0.4, 0.5) is 0 Å². The lowest BCUT2D eigenvalue weighted by atomic mass is 10.1. The van der Waals surface area contributed by atoms with E-state index < -0.39 is 0 Å². The largest absolute Gasteiger partial charge is 0.350 e. The number of nitrogens with one attached hydrogen (secondary N) is 1. The van der Waals surface area contributed by atoms with E-state index in [0.717, 1.165) is 5.56 Å². The molecule has 20 heavy (non-hydrogen) atoms. The molecule has 0 aliphatic rings. The molecule has 5 nitrogen and oxygen atoms in total. The summed E-state index contributed by atoms with van der Waals surface area (Å²) in [6.07, 6.45) is 4.47. The van der Waals surface area contributed by atoms with Gasteiger partial charge >= 0.3 is 0 Å². The molecule has 0 saturated carbocycles. The van der Waals surface area contributed by atoms with Crippen LogP contribution in [0.25, 0.3) is 0 Å². The molecule has 0 radical (unpaired) electrons. The summed E-state index contributed by atoms with van der Waals surface area (Å²) in [6, 6.07) is 3.78. The van der Waals surface area contributed by atoms with Crippen molar-refractivity contribution < 1.29 is 9.59 Å². The molecule has 0 aromatic carbocycles. The lowest BCUT2D eigenvalue weighted by Gasteiger charge is -2.23. The van der Waals surface area contributed by atoms with Crippen LogP contribution in [0.2, 0.25) is 0 Å². The summed E-state index contributed by atoms with van der Waals surface area (Å²) in [5, 5.41) is 2.84. The minimum absolute atomic E-state index is 0.0436. The van der Waals surface area contributed by atoms with Crippen molar-refractivity contribution in [2.24, 2.45) is 0 Å². The van der Waals surface area contributed by atoms with Crippen molar-refractivity contribution in [3.05, 3.63) is 30.1 Å². The number of carbonyl (C=O) groups excluding carboxylic acids is 2. The normalized spacial score (nSPS) is 11.0. The molecule has 5 heteroatoms. The number of nitrogens with zero attached hydrogens (tertiary/aromatic N) is 2. The molecule has 0 bridgehead atoms. The van der Waals surface area contributed by atoms with Crippen LogP contribution in [0, 0.1) is 0 Å². The van der Waals surface area contributed by atoms with Crippen molar-refractivity contribution in [1.29, 1.82) is 0 Å². The molecule has 0 aliphatic carbocycles. The third-order valence-corrected chi connectivity index (χ3v) is 2.67. The highest BCUT2D eigenvalue weighted by molar-refractivity contribution is 5.85. The first kappa shape index (κ1) is 16.1. The lowest BCUT2D eigenvalue weighted by molar-refractivity contribution is -0.135. The van der Waals surface area contributed by atoms with E-state index in [1.807, 2.05) is 32.9 Å². The van der Waals surface area contributed by atoms with Crippen molar-refractivity contribution >= 4 is 11.8 Å². The number of rotatable bonds is 5. The number of aromatic nitrogens is 1. The summed E-state index contributed by atoms with van der Waals surface area (Å²) >= 11 is 0. The van der Waals surface area contributed by atoms with Crippen LogP contribution < -0.4 is 5.32 Å². The van der Waals surface area contributed by atoms with Crippen LogP contribution in [-0.4, -0.2) is 40.8 Å². The van der Waals surface area contributed by atoms with Crippen LogP contribution in [0.15, 0.2) is 24.5 Å². The van der Waals surface area contributed by atoms with Gasteiger partial charge in [0.05, 0.1) is 6.54 Å². The van der Waals surface area contributed by atoms with Crippen molar-refractivity contribution in [2.45, 2.75) is 39.2 Å². The van der Waals surface area contributed by atoms with E-state index in [0.29, 0.717) is 12.8 Å². The van der Waals surface area contributed by atoms with Crippen molar-refractivity contribution in [3.63, 3.8) is 0 Å². The molecule has 0 aliphatic heterocycles. The molecular weight excluding hydrogens is 254 g/mol.